The molecule has 0 spiro atoms. The number of carbonyl (C=O) groups is 2. The van der Waals surface area contributed by atoms with Crippen LogP contribution in [0.1, 0.15) is 24.9 Å². The quantitative estimate of drug-likeness (QED) is 0.433. The minimum Gasteiger partial charge on any atom is -0.332 e. The molecule has 2 heterocycles. The van der Waals surface area contributed by atoms with E-state index in [1.807, 2.05) is 29.8 Å². The summed E-state index contributed by atoms with van der Waals surface area (Å²) in [7, 11) is 0. The van der Waals surface area contributed by atoms with Crippen molar-refractivity contribution in [2.45, 2.75) is 6.92 Å². The fourth-order valence-corrected chi connectivity index (χ4v) is 3.95. The van der Waals surface area contributed by atoms with Crippen molar-refractivity contribution in [3.05, 3.63) is 68.5 Å². The van der Waals surface area contributed by atoms with E-state index in [4.69, 9.17) is 24.4 Å². The van der Waals surface area contributed by atoms with Crippen molar-refractivity contribution in [2.75, 3.05) is 10.6 Å². The largest absolute Gasteiger partial charge is 0.332 e. The van der Waals surface area contributed by atoms with Crippen LogP contribution in [-0.4, -0.2) is 22.0 Å². The molecule has 6 nitrogen and oxygen atoms in total. The minimum absolute atomic E-state index is 0.187. The van der Waals surface area contributed by atoms with Crippen LogP contribution in [0, 0.1) is 6.92 Å². The van der Waals surface area contributed by atoms with Gasteiger partial charge in [-0.1, -0.05) is 18.2 Å². The van der Waals surface area contributed by atoms with Crippen molar-refractivity contribution in [3.63, 3.8) is 0 Å². The lowest BCUT2D eigenvalue weighted by Gasteiger charge is -2.14. The van der Waals surface area contributed by atoms with E-state index in [2.05, 4.69) is 21.3 Å². The molecule has 2 amide bonds. The van der Waals surface area contributed by atoms with E-state index < -0.39 is 0 Å². The molecule has 29 heavy (non-hydrogen) atoms. The first-order chi connectivity index (χ1) is 13.9. The van der Waals surface area contributed by atoms with E-state index in [1.54, 1.807) is 30.3 Å². The Labute approximate surface area is 186 Å². The van der Waals surface area contributed by atoms with Gasteiger partial charge in [0.05, 0.1) is 9.75 Å². The molecule has 4 N–H and O–H groups in total. The van der Waals surface area contributed by atoms with Gasteiger partial charge in [-0.2, -0.15) is 0 Å². The molecular formula is C19H16N4O2S4. The lowest BCUT2D eigenvalue weighted by molar-refractivity contribution is 0.0973. The predicted molar refractivity (Wildman–Crippen MR) is 127 cm³/mol. The van der Waals surface area contributed by atoms with E-state index in [0.29, 0.717) is 21.1 Å². The number of hydrogen-bond donors (Lipinski definition) is 4. The SMILES string of the molecule is Cc1ccc(NC(=S)NC(=O)c2cccs2)cc1NC(=S)NC(=O)c1cccs1. The van der Waals surface area contributed by atoms with Gasteiger partial charge in [-0.15, -0.1) is 22.7 Å². The van der Waals surface area contributed by atoms with Crippen molar-refractivity contribution in [1.29, 1.82) is 0 Å². The molecule has 3 rings (SSSR count). The summed E-state index contributed by atoms with van der Waals surface area (Å²) < 4.78 is 0. The summed E-state index contributed by atoms with van der Waals surface area (Å²) in [5, 5.41) is 15.3. The molecule has 0 fully saturated rings. The second kappa shape index (κ2) is 9.70. The van der Waals surface area contributed by atoms with Gasteiger partial charge < -0.3 is 10.6 Å². The Morgan fingerprint density at radius 3 is 1.90 bits per heavy atom. The zero-order chi connectivity index (χ0) is 20.8. The number of amides is 2. The predicted octanol–water partition coefficient (Wildman–Crippen LogP) is 4.37. The molecule has 0 saturated heterocycles. The smallest absolute Gasteiger partial charge is 0.267 e. The van der Waals surface area contributed by atoms with E-state index in [1.165, 1.54) is 22.7 Å². The number of rotatable bonds is 4. The minimum atomic E-state index is -0.263. The second-order valence-electron chi connectivity index (χ2n) is 5.80. The molecule has 0 unspecified atom stereocenters. The zero-order valence-electron chi connectivity index (χ0n) is 15.1. The van der Waals surface area contributed by atoms with Crippen LogP contribution in [0.4, 0.5) is 11.4 Å². The first-order valence-corrected chi connectivity index (χ1v) is 10.9. The third kappa shape index (κ3) is 5.91. The highest BCUT2D eigenvalue weighted by molar-refractivity contribution is 7.80. The van der Waals surface area contributed by atoms with Gasteiger partial charge in [0.15, 0.2) is 10.2 Å². The summed E-state index contributed by atoms with van der Waals surface area (Å²) in [5.74, 6) is -0.526. The average molecular weight is 461 g/mol. The van der Waals surface area contributed by atoms with Gasteiger partial charge in [0, 0.05) is 11.4 Å². The second-order valence-corrected chi connectivity index (χ2v) is 8.51. The van der Waals surface area contributed by atoms with Gasteiger partial charge in [-0.05, 0) is 71.9 Å². The molecule has 148 valence electrons. The van der Waals surface area contributed by atoms with Crippen molar-refractivity contribution < 1.29 is 9.59 Å². The van der Waals surface area contributed by atoms with E-state index in [9.17, 15) is 9.59 Å². The zero-order valence-corrected chi connectivity index (χ0v) is 18.4. The third-order valence-corrected chi connectivity index (χ3v) is 5.83. The molecule has 0 aliphatic rings. The summed E-state index contributed by atoms with van der Waals surface area (Å²) >= 11 is 13.1. The monoisotopic (exact) mass is 460 g/mol. The van der Waals surface area contributed by atoms with Gasteiger partial charge in [0.25, 0.3) is 11.8 Å². The summed E-state index contributed by atoms with van der Waals surface area (Å²) in [6.45, 7) is 1.91. The van der Waals surface area contributed by atoms with E-state index >= 15 is 0 Å². The highest BCUT2D eigenvalue weighted by Crippen LogP contribution is 2.20. The number of hydrogen-bond acceptors (Lipinski definition) is 6. The molecule has 0 aliphatic heterocycles. The Kier molecular flexibility index (Phi) is 7.04. The van der Waals surface area contributed by atoms with Crippen LogP contribution in [0.2, 0.25) is 0 Å². The Bertz CT molecular complexity index is 1050. The number of nitrogens with one attached hydrogen (secondary N) is 4. The Balaban J connectivity index is 1.60. The summed E-state index contributed by atoms with van der Waals surface area (Å²) in [6.07, 6.45) is 0. The molecule has 3 aromatic rings. The number of thiocarbonyl (C=S) groups is 2. The van der Waals surface area contributed by atoms with Crippen molar-refractivity contribution in [3.8, 4) is 0 Å². The van der Waals surface area contributed by atoms with Gasteiger partial charge in [0.1, 0.15) is 0 Å². The van der Waals surface area contributed by atoms with Crippen LogP contribution in [0.5, 0.6) is 0 Å². The van der Waals surface area contributed by atoms with Crippen molar-refractivity contribution >= 4 is 80.5 Å². The van der Waals surface area contributed by atoms with E-state index in [-0.39, 0.29) is 22.0 Å². The number of benzene rings is 1. The van der Waals surface area contributed by atoms with Gasteiger partial charge in [0.2, 0.25) is 0 Å². The highest BCUT2D eigenvalue weighted by Gasteiger charge is 2.11. The van der Waals surface area contributed by atoms with Crippen LogP contribution >= 0.6 is 47.1 Å². The van der Waals surface area contributed by atoms with Gasteiger partial charge >= 0.3 is 0 Å². The maximum absolute atomic E-state index is 12.1. The normalized spacial score (nSPS) is 10.1. The Morgan fingerprint density at radius 1 is 0.828 bits per heavy atom. The molecular weight excluding hydrogens is 445 g/mol. The molecule has 0 saturated carbocycles. The van der Waals surface area contributed by atoms with Crippen molar-refractivity contribution in [2.24, 2.45) is 0 Å². The fourth-order valence-electron chi connectivity index (χ4n) is 2.30. The first-order valence-electron chi connectivity index (χ1n) is 8.34. The molecule has 0 bridgehead atoms. The molecule has 0 atom stereocenters. The fraction of sp³-hybridized carbons (Fsp3) is 0.0526. The lowest BCUT2D eigenvalue weighted by Crippen LogP contribution is -2.34. The van der Waals surface area contributed by atoms with Crippen LogP contribution in [0.3, 0.4) is 0 Å². The summed E-state index contributed by atoms with van der Waals surface area (Å²) in [5.41, 5.74) is 2.30. The Hall–Kier alpha value is -2.66. The summed E-state index contributed by atoms with van der Waals surface area (Å²) in [6, 6.07) is 12.5. The number of aryl methyl sites for hydroxylation is 1. The van der Waals surface area contributed by atoms with Crippen LogP contribution in [-0.2, 0) is 0 Å². The molecule has 1 aromatic carbocycles. The molecule has 0 radical (unpaired) electrons. The van der Waals surface area contributed by atoms with Crippen molar-refractivity contribution in [1.82, 2.24) is 10.6 Å². The van der Waals surface area contributed by atoms with Crippen LogP contribution < -0.4 is 21.3 Å². The summed E-state index contributed by atoms with van der Waals surface area (Å²) in [4.78, 5) is 25.3. The Morgan fingerprint density at radius 2 is 1.38 bits per heavy atom. The topological polar surface area (TPSA) is 82.3 Å². The standard InChI is InChI=1S/C19H16N4O2S4/c1-11-6-7-12(20-18(26)22-16(24)14-4-2-8-28-14)10-13(11)21-19(27)23-17(25)15-5-3-9-29-15/h2-10H,1H3,(H2,20,22,24,26)(H2,21,23,25,27). The maximum Gasteiger partial charge on any atom is 0.267 e. The third-order valence-electron chi connectivity index (χ3n) is 3.69. The average Bonchev–Trinajstić information content (AvgIpc) is 3.38. The number of thiophene rings is 2. The molecule has 0 aliphatic carbocycles. The number of carbonyl (C=O) groups excluding carboxylic acids is 2. The van der Waals surface area contributed by atoms with E-state index in [0.717, 1.165) is 5.56 Å². The maximum atomic E-state index is 12.1. The first kappa shape index (κ1) is 21.1. The van der Waals surface area contributed by atoms with Gasteiger partial charge in [-0.3, -0.25) is 20.2 Å². The highest BCUT2D eigenvalue weighted by atomic mass is 32.1. The number of anilines is 2. The van der Waals surface area contributed by atoms with Gasteiger partial charge in [-0.25, -0.2) is 0 Å². The molecule has 10 heteroatoms. The van der Waals surface area contributed by atoms with Crippen LogP contribution in [0.25, 0.3) is 0 Å². The lowest BCUT2D eigenvalue weighted by atomic mass is 10.2. The molecule has 2 aromatic heterocycles. The van der Waals surface area contributed by atoms with Crippen LogP contribution in [0.15, 0.2) is 53.2 Å².